The lowest BCUT2D eigenvalue weighted by Crippen LogP contribution is -2.58. The highest BCUT2D eigenvalue weighted by Crippen LogP contribution is 2.31. The Morgan fingerprint density at radius 1 is 1.25 bits per heavy atom. The summed E-state index contributed by atoms with van der Waals surface area (Å²) >= 11 is 0. The molecule has 0 unspecified atom stereocenters. The number of amides is 2. The van der Waals surface area contributed by atoms with E-state index in [4.69, 9.17) is 0 Å². The molecule has 6 heteroatoms. The Hall–Kier alpha value is -1.98. The molecule has 3 rings (SSSR count). The molecule has 2 aliphatic rings. The molecule has 6 nitrogen and oxygen atoms in total. The van der Waals surface area contributed by atoms with Gasteiger partial charge in [-0.25, -0.2) is 4.98 Å². The monoisotopic (exact) mass is 274 g/mol. The van der Waals surface area contributed by atoms with Crippen molar-refractivity contribution < 1.29 is 9.59 Å². The van der Waals surface area contributed by atoms with Crippen LogP contribution in [-0.2, 0) is 4.79 Å². The van der Waals surface area contributed by atoms with Crippen molar-refractivity contribution in [3.63, 3.8) is 0 Å². The first-order chi connectivity index (χ1) is 9.69. The van der Waals surface area contributed by atoms with Gasteiger partial charge >= 0.3 is 0 Å². The number of nitrogens with zero attached hydrogens (tertiary/aromatic N) is 3. The SMILES string of the molecule is O=C1CCCC2(CCN(C(=O)c3cnccn3)CC2)N1. The molecule has 0 radical (unpaired) electrons. The maximum absolute atomic E-state index is 12.3. The van der Waals surface area contributed by atoms with Crippen LogP contribution in [0.3, 0.4) is 0 Å². The van der Waals surface area contributed by atoms with Crippen LogP contribution in [0.25, 0.3) is 0 Å². The van der Waals surface area contributed by atoms with Crippen molar-refractivity contribution >= 4 is 11.8 Å². The van der Waals surface area contributed by atoms with Gasteiger partial charge in [0.2, 0.25) is 5.91 Å². The number of carbonyl (C=O) groups is 2. The predicted molar refractivity (Wildman–Crippen MR) is 71.9 cm³/mol. The van der Waals surface area contributed by atoms with E-state index in [0.29, 0.717) is 25.2 Å². The molecule has 0 bridgehead atoms. The van der Waals surface area contributed by atoms with Crippen molar-refractivity contribution in [3.8, 4) is 0 Å². The van der Waals surface area contributed by atoms with E-state index in [1.54, 1.807) is 11.1 Å². The first-order valence-corrected chi connectivity index (χ1v) is 7.05. The molecule has 1 spiro atoms. The zero-order valence-corrected chi connectivity index (χ0v) is 11.3. The molecule has 0 aromatic carbocycles. The highest BCUT2D eigenvalue weighted by Gasteiger charge is 2.39. The van der Waals surface area contributed by atoms with Crippen LogP contribution in [0.1, 0.15) is 42.6 Å². The van der Waals surface area contributed by atoms with Gasteiger partial charge in [0.1, 0.15) is 5.69 Å². The fourth-order valence-electron chi connectivity index (χ4n) is 3.09. The molecule has 2 fully saturated rings. The number of carbonyl (C=O) groups excluding carboxylic acids is 2. The minimum Gasteiger partial charge on any atom is -0.351 e. The van der Waals surface area contributed by atoms with Gasteiger partial charge in [-0.1, -0.05) is 0 Å². The Morgan fingerprint density at radius 3 is 2.70 bits per heavy atom. The summed E-state index contributed by atoms with van der Waals surface area (Å²) in [6, 6.07) is 0. The van der Waals surface area contributed by atoms with Crippen molar-refractivity contribution in [2.24, 2.45) is 0 Å². The number of nitrogens with one attached hydrogen (secondary N) is 1. The molecule has 1 aromatic rings. The van der Waals surface area contributed by atoms with E-state index in [0.717, 1.165) is 25.7 Å². The van der Waals surface area contributed by atoms with Gasteiger partial charge < -0.3 is 10.2 Å². The Balaban J connectivity index is 1.64. The molecular formula is C14H18N4O2. The molecule has 106 valence electrons. The number of aromatic nitrogens is 2. The van der Waals surface area contributed by atoms with Gasteiger partial charge in [-0.2, -0.15) is 0 Å². The molecule has 2 saturated heterocycles. The standard InChI is InChI=1S/C14H18N4O2/c19-12-2-1-3-14(17-12)4-8-18(9-5-14)13(20)11-10-15-6-7-16-11/h6-7,10H,1-5,8-9H2,(H,17,19). The van der Waals surface area contributed by atoms with E-state index < -0.39 is 0 Å². The lowest BCUT2D eigenvalue weighted by molar-refractivity contribution is -0.125. The van der Waals surface area contributed by atoms with Crippen LogP contribution >= 0.6 is 0 Å². The minimum atomic E-state index is -0.0888. The highest BCUT2D eigenvalue weighted by atomic mass is 16.2. The van der Waals surface area contributed by atoms with E-state index >= 15 is 0 Å². The summed E-state index contributed by atoms with van der Waals surface area (Å²) in [5, 5.41) is 3.13. The third-order valence-corrected chi connectivity index (χ3v) is 4.25. The number of rotatable bonds is 1. The largest absolute Gasteiger partial charge is 0.351 e. The number of likely N-dealkylation sites (tertiary alicyclic amines) is 1. The molecule has 0 atom stereocenters. The van der Waals surface area contributed by atoms with E-state index in [2.05, 4.69) is 15.3 Å². The Kier molecular flexibility index (Phi) is 3.38. The summed E-state index contributed by atoms with van der Waals surface area (Å²) in [7, 11) is 0. The van der Waals surface area contributed by atoms with Crippen molar-refractivity contribution in [1.29, 1.82) is 0 Å². The van der Waals surface area contributed by atoms with Crippen LogP contribution in [0, 0.1) is 0 Å². The van der Waals surface area contributed by atoms with Gasteiger partial charge in [-0.15, -0.1) is 0 Å². The molecule has 0 aliphatic carbocycles. The number of hydrogen-bond acceptors (Lipinski definition) is 4. The van der Waals surface area contributed by atoms with Crippen LogP contribution in [0.2, 0.25) is 0 Å². The maximum atomic E-state index is 12.3. The summed E-state index contributed by atoms with van der Waals surface area (Å²) < 4.78 is 0. The predicted octanol–water partition coefficient (Wildman–Crippen LogP) is 0.751. The molecular weight excluding hydrogens is 256 g/mol. The van der Waals surface area contributed by atoms with E-state index in [1.807, 2.05) is 0 Å². The van der Waals surface area contributed by atoms with Crippen LogP contribution in [0.5, 0.6) is 0 Å². The molecule has 2 amide bonds. The summed E-state index contributed by atoms with van der Waals surface area (Å²) in [5.74, 6) is 0.0695. The van der Waals surface area contributed by atoms with Gasteiger partial charge in [0.15, 0.2) is 0 Å². The zero-order valence-electron chi connectivity index (χ0n) is 11.3. The van der Waals surface area contributed by atoms with Crippen molar-refractivity contribution in [2.45, 2.75) is 37.6 Å². The van der Waals surface area contributed by atoms with E-state index in [1.165, 1.54) is 12.4 Å². The molecule has 1 aromatic heterocycles. The van der Waals surface area contributed by atoms with Crippen LogP contribution in [-0.4, -0.2) is 45.3 Å². The smallest absolute Gasteiger partial charge is 0.274 e. The quantitative estimate of drug-likeness (QED) is 0.820. The minimum absolute atomic E-state index is 0.0740. The average Bonchev–Trinajstić information content (AvgIpc) is 2.48. The van der Waals surface area contributed by atoms with Crippen LogP contribution in [0.4, 0.5) is 0 Å². The van der Waals surface area contributed by atoms with Crippen molar-refractivity contribution in [1.82, 2.24) is 20.2 Å². The normalized spacial score (nSPS) is 21.6. The summed E-state index contributed by atoms with van der Waals surface area (Å²) in [4.78, 5) is 33.6. The van der Waals surface area contributed by atoms with Gasteiger partial charge in [0.25, 0.3) is 5.91 Å². The summed E-state index contributed by atoms with van der Waals surface area (Å²) in [6.45, 7) is 1.32. The van der Waals surface area contributed by atoms with Crippen LogP contribution in [0.15, 0.2) is 18.6 Å². The zero-order chi connectivity index (χ0) is 14.0. The second-order valence-electron chi connectivity index (χ2n) is 5.56. The molecule has 3 heterocycles. The fourth-order valence-corrected chi connectivity index (χ4v) is 3.09. The first-order valence-electron chi connectivity index (χ1n) is 7.05. The van der Waals surface area contributed by atoms with Gasteiger partial charge in [-0.05, 0) is 25.7 Å². The van der Waals surface area contributed by atoms with Crippen LogP contribution < -0.4 is 5.32 Å². The van der Waals surface area contributed by atoms with Gasteiger partial charge in [0, 0.05) is 37.4 Å². The van der Waals surface area contributed by atoms with Crippen molar-refractivity contribution in [2.75, 3.05) is 13.1 Å². The van der Waals surface area contributed by atoms with Gasteiger partial charge in [0.05, 0.1) is 6.20 Å². The second-order valence-corrected chi connectivity index (χ2v) is 5.56. The number of piperidine rings is 2. The van der Waals surface area contributed by atoms with E-state index in [-0.39, 0.29) is 17.4 Å². The average molecular weight is 274 g/mol. The fraction of sp³-hybridized carbons (Fsp3) is 0.571. The van der Waals surface area contributed by atoms with Gasteiger partial charge in [-0.3, -0.25) is 14.6 Å². The Morgan fingerprint density at radius 2 is 2.05 bits per heavy atom. The number of hydrogen-bond donors (Lipinski definition) is 1. The van der Waals surface area contributed by atoms with Crippen molar-refractivity contribution in [3.05, 3.63) is 24.3 Å². The molecule has 1 N–H and O–H groups in total. The topological polar surface area (TPSA) is 75.2 Å². The van der Waals surface area contributed by atoms with E-state index in [9.17, 15) is 9.59 Å². The lowest BCUT2D eigenvalue weighted by Gasteiger charge is -2.44. The first kappa shape index (κ1) is 13.0. The third kappa shape index (κ3) is 2.50. The highest BCUT2D eigenvalue weighted by molar-refractivity contribution is 5.92. The summed E-state index contributed by atoms with van der Waals surface area (Å²) in [5.41, 5.74) is 0.296. The Labute approximate surface area is 117 Å². The maximum Gasteiger partial charge on any atom is 0.274 e. The Bertz CT molecular complexity index is 509. The molecule has 0 saturated carbocycles. The third-order valence-electron chi connectivity index (χ3n) is 4.25. The molecule has 2 aliphatic heterocycles. The molecule has 20 heavy (non-hydrogen) atoms. The summed E-state index contributed by atoms with van der Waals surface area (Å²) in [6.07, 6.45) is 8.82. The second kappa shape index (κ2) is 5.19. The lowest BCUT2D eigenvalue weighted by atomic mass is 9.80.